The first kappa shape index (κ1) is 17.0. The molecule has 1 unspecified atom stereocenters. The standard InChI is InChI=1S/C15H24BrClN2/c1-3-8-19(9-4-2)10-7-15(18)13-6-5-12(16)11-14(13)17/h5-6,11,15H,3-4,7-10,18H2,1-2H3. The fourth-order valence-corrected chi connectivity index (χ4v) is 3.06. The third-order valence-electron chi connectivity index (χ3n) is 3.20. The van der Waals surface area contributed by atoms with E-state index in [4.69, 9.17) is 17.3 Å². The Kier molecular flexibility index (Phi) is 8.00. The van der Waals surface area contributed by atoms with E-state index in [0.717, 1.165) is 41.1 Å². The number of rotatable bonds is 8. The minimum absolute atomic E-state index is 0.0109. The Bertz CT molecular complexity index is 378. The maximum atomic E-state index is 6.26. The molecule has 0 bridgehead atoms. The predicted molar refractivity (Wildman–Crippen MR) is 87.7 cm³/mol. The maximum Gasteiger partial charge on any atom is 0.0464 e. The van der Waals surface area contributed by atoms with Gasteiger partial charge in [-0.3, -0.25) is 0 Å². The summed E-state index contributed by atoms with van der Waals surface area (Å²) in [6.07, 6.45) is 3.32. The molecule has 1 rings (SSSR count). The number of benzene rings is 1. The highest BCUT2D eigenvalue weighted by Crippen LogP contribution is 2.27. The van der Waals surface area contributed by atoms with Crippen LogP contribution in [0.4, 0.5) is 0 Å². The molecule has 1 aromatic rings. The molecule has 0 saturated heterocycles. The molecule has 0 aliphatic heterocycles. The molecule has 2 nitrogen and oxygen atoms in total. The molecule has 108 valence electrons. The van der Waals surface area contributed by atoms with Gasteiger partial charge in [-0.25, -0.2) is 0 Å². The lowest BCUT2D eigenvalue weighted by atomic mass is 10.0. The lowest BCUT2D eigenvalue weighted by Crippen LogP contribution is -2.29. The van der Waals surface area contributed by atoms with Crippen molar-refractivity contribution in [3.05, 3.63) is 33.3 Å². The summed E-state index contributed by atoms with van der Waals surface area (Å²) in [5.41, 5.74) is 7.30. The van der Waals surface area contributed by atoms with Crippen LogP contribution < -0.4 is 5.73 Å². The van der Waals surface area contributed by atoms with Gasteiger partial charge in [0.15, 0.2) is 0 Å². The molecule has 0 amide bonds. The van der Waals surface area contributed by atoms with Gasteiger partial charge in [0.1, 0.15) is 0 Å². The van der Waals surface area contributed by atoms with E-state index in [9.17, 15) is 0 Å². The molecule has 0 radical (unpaired) electrons. The molecule has 0 spiro atoms. The summed E-state index contributed by atoms with van der Waals surface area (Å²) in [5, 5.41) is 0.749. The van der Waals surface area contributed by atoms with Crippen LogP contribution >= 0.6 is 27.5 Å². The van der Waals surface area contributed by atoms with Crippen molar-refractivity contribution < 1.29 is 0 Å². The Morgan fingerprint density at radius 1 is 1.21 bits per heavy atom. The van der Waals surface area contributed by atoms with Crippen LogP contribution in [0, 0.1) is 0 Å². The third kappa shape index (κ3) is 5.82. The summed E-state index contributed by atoms with van der Waals surface area (Å²) in [7, 11) is 0. The van der Waals surface area contributed by atoms with E-state index in [1.165, 1.54) is 12.8 Å². The lowest BCUT2D eigenvalue weighted by Gasteiger charge is -2.23. The van der Waals surface area contributed by atoms with Gasteiger partial charge in [-0.15, -0.1) is 0 Å². The minimum atomic E-state index is 0.0109. The van der Waals surface area contributed by atoms with E-state index >= 15 is 0 Å². The van der Waals surface area contributed by atoms with Crippen molar-refractivity contribution in [3.8, 4) is 0 Å². The summed E-state index contributed by atoms with van der Waals surface area (Å²) in [6, 6.07) is 5.93. The highest BCUT2D eigenvalue weighted by Gasteiger charge is 2.12. The second kappa shape index (κ2) is 8.96. The van der Waals surface area contributed by atoms with Crippen LogP contribution in [-0.2, 0) is 0 Å². The van der Waals surface area contributed by atoms with Crippen LogP contribution in [-0.4, -0.2) is 24.5 Å². The first-order valence-corrected chi connectivity index (χ1v) is 8.18. The summed E-state index contributed by atoms with van der Waals surface area (Å²) in [6.45, 7) is 7.76. The number of nitrogens with two attached hydrogens (primary N) is 1. The van der Waals surface area contributed by atoms with E-state index < -0.39 is 0 Å². The highest BCUT2D eigenvalue weighted by molar-refractivity contribution is 9.10. The van der Waals surface area contributed by atoms with E-state index in [-0.39, 0.29) is 6.04 Å². The van der Waals surface area contributed by atoms with Crippen LogP contribution in [0.5, 0.6) is 0 Å². The number of halogens is 2. The average Bonchev–Trinajstić information content (AvgIpc) is 2.36. The van der Waals surface area contributed by atoms with Gasteiger partial charge < -0.3 is 10.6 Å². The first-order chi connectivity index (χ1) is 9.08. The van der Waals surface area contributed by atoms with E-state index in [1.807, 2.05) is 18.2 Å². The van der Waals surface area contributed by atoms with Gasteiger partial charge in [-0.05, 0) is 56.6 Å². The van der Waals surface area contributed by atoms with Crippen LogP contribution in [0.2, 0.25) is 5.02 Å². The monoisotopic (exact) mass is 346 g/mol. The Hall–Kier alpha value is -0.0900. The van der Waals surface area contributed by atoms with Crippen LogP contribution in [0.1, 0.15) is 44.7 Å². The summed E-state index contributed by atoms with van der Waals surface area (Å²) in [4.78, 5) is 2.48. The van der Waals surface area contributed by atoms with Gasteiger partial charge in [0.05, 0.1) is 0 Å². The Labute approximate surface area is 130 Å². The molecule has 2 N–H and O–H groups in total. The Morgan fingerprint density at radius 3 is 2.37 bits per heavy atom. The zero-order chi connectivity index (χ0) is 14.3. The quantitative estimate of drug-likeness (QED) is 0.744. The largest absolute Gasteiger partial charge is 0.324 e. The van der Waals surface area contributed by atoms with Crippen molar-refractivity contribution in [1.29, 1.82) is 0 Å². The van der Waals surface area contributed by atoms with Crippen molar-refractivity contribution in [2.24, 2.45) is 5.73 Å². The fraction of sp³-hybridized carbons (Fsp3) is 0.600. The fourth-order valence-electron chi connectivity index (χ4n) is 2.25. The zero-order valence-electron chi connectivity index (χ0n) is 11.8. The highest BCUT2D eigenvalue weighted by atomic mass is 79.9. The normalized spacial score (nSPS) is 12.9. The van der Waals surface area contributed by atoms with Crippen molar-refractivity contribution in [2.45, 2.75) is 39.2 Å². The molecule has 0 aliphatic rings. The van der Waals surface area contributed by atoms with E-state index in [2.05, 4.69) is 34.7 Å². The van der Waals surface area contributed by atoms with Gasteiger partial charge >= 0.3 is 0 Å². The molecule has 4 heteroatoms. The number of hydrogen-bond acceptors (Lipinski definition) is 2. The van der Waals surface area contributed by atoms with Crippen molar-refractivity contribution in [2.75, 3.05) is 19.6 Å². The summed E-state index contributed by atoms with van der Waals surface area (Å²) in [5.74, 6) is 0. The Morgan fingerprint density at radius 2 is 1.84 bits per heavy atom. The average molecular weight is 348 g/mol. The maximum absolute atomic E-state index is 6.26. The van der Waals surface area contributed by atoms with E-state index in [1.54, 1.807) is 0 Å². The molecule has 0 fully saturated rings. The van der Waals surface area contributed by atoms with E-state index in [0.29, 0.717) is 0 Å². The molecule has 0 aromatic heterocycles. The summed E-state index contributed by atoms with van der Waals surface area (Å²) < 4.78 is 0.993. The predicted octanol–water partition coefficient (Wildman–Crippen LogP) is 4.61. The minimum Gasteiger partial charge on any atom is -0.324 e. The zero-order valence-corrected chi connectivity index (χ0v) is 14.2. The molecule has 0 heterocycles. The van der Waals surface area contributed by atoms with Gasteiger partial charge in [0.25, 0.3) is 0 Å². The van der Waals surface area contributed by atoms with Crippen molar-refractivity contribution in [3.63, 3.8) is 0 Å². The summed E-state index contributed by atoms with van der Waals surface area (Å²) >= 11 is 9.65. The second-order valence-corrected chi connectivity index (χ2v) is 6.23. The lowest BCUT2D eigenvalue weighted by molar-refractivity contribution is 0.264. The van der Waals surface area contributed by atoms with Crippen LogP contribution in [0.15, 0.2) is 22.7 Å². The smallest absolute Gasteiger partial charge is 0.0464 e. The first-order valence-electron chi connectivity index (χ1n) is 7.01. The molecule has 1 atom stereocenters. The van der Waals surface area contributed by atoms with Crippen molar-refractivity contribution >= 4 is 27.5 Å². The van der Waals surface area contributed by atoms with Crippen LogP contribution in [0.3, 0.4) is 0 Å². The number of hydrogen-bond donors (Lipinski definition) is 1. The SMILES string of the molecule is CCCN(CCC)CCC(N)c1ccc(Br)cc1Cl. The van der Waals surface area contributed by atoms with Gasteiger partial charge in [0, 0.05) is 15.5 Å². The molecule has 1 aromatic carbocycles. The number of nitrogens with zero attached hydrogens (tertiary/aromatic N) is 1. The molecule has 0 saturated carbocycles. The topological polar surface area (TPSA) is 29.3 Å². The third-order valence-corrected chi connectivity index (χ3v) is 4.02. The molecular formula is C15H24BrClN2. The Balaban J connectivity index is 2.55. The van der Waals surface area contributed by atoms with Crippen LogP contribution in [0.25, 0.3) is 0 Å². The van der Waals surface area contributed by atoms with Gasteiger partial charge in [-0.1, -0.05) is 47.4 Å². The second-order valence-electron chi connectivity index (χ2n) is 4.90. The molecular weight excluding hydrogens is 324 g/mol. The van der Waals surface area contributed by atoms with Gasteiger partial charge in [0.2, 0.25) is 0 Å². The van der Waals surface area contributed by atoms with Crippen molar-refractivity contribution in [1.82, 2.24) is 4.90 Å². The molecule has 0 aliphatic carbocycles. The van der Waals surface area contributed by atoms with Gasteiger partial charge in [-0.2, -0.15) is 0 Å². The molecule has 19 heavy (non-hydrogen) atoms.